The van der Waals surface area contributed by atoms with Crippen LogP contribution in [-0.2, 0) is 13.0 Å². The summed E-state index contributed by atoms with van der Waals surface area (Å²) in [6.07, 6.45) is 1.08. The van der Waals surface area contributed by atoms with Crippen LogP contribution in [0.2, 0.25) is 0 Å². The minimum atomic E-state index is 0.265. The van der Waals surface area contributed by atoms with E-state index >= 15 is 0 Å². The maximum atomic E-state index is 5.99. The largest absolute Gasteiger partial charge is 0.329 e. The molecule has 20 heavy (non-hydrogen) atoms. The van der Waals surface area contributed by atoms with Gasteiger partial charge in [0.1, 0.15) is 0 Å². The van der Waals surface area contributed by atoms with Gasteiger partial charge in [0, 0.05) is 19.1 Å². The van der Waals surface area contributed by atoms with E-state index in [0.717, 1.165) is 13.0 Å². The van der Waals surface area contributed by atoms with Gasteiger partial charge in [0.15, 0.2) is 0 Å². The summed E-state index contributed by atoms with van der Waals surface area (Å²) < 4.78 is 0. The summed E-state index contributed by atoms with van der Waals surface area (Å²) in [5.74, 6) is 0. The molecule has 0 saturated heterocycles. The highest BCUT2D eigenvalue weighted by Gasteiger charge is 2.15. The van der Waals surface area contributed by atoms with Gasteiger partial charge >= 0.3 is 0 Å². The van der Waals surface area contributed by atoms with Crippen LogP contribution in [0.15, 0.2) is 54.6 Å². The molecule has 0 heterocycles. The zero-order valence-corrected chi connectivity index (χ0v) is 12.4. The molecule has 2 nitrogen and oxygen atoms in total. The van der Waals surface area contributed by atoms with Crippen LogP contribution >= 0.6 is 0 Å². The van der Waals surface area contributed by atoms with Gasteiger partial charge in [-0.25, -0.2) is 0 Å². The van der Waals surface area contributed by atoms with E-state index in [4.69, 9.17) is 5.73 Å². The topological polar surface area (TPSA) is 29.3 Å². The molecule has 2 rings (SSSR count). The number of hydrogen-bond acceptors (Lipinski definition) is 2. The molecule has 2 aromatic rings. The Morgan fingerprint density at radius 1 is 0.950 bits per heavy atom. The lowest BCUT2D eigenvalue weighted by Gasteiger charge is -2.27. The van der Waals surface area contributed by atoms with Crippen molar-refractivity contribution >= 4 is 0 Å². The third-order valence-corrected chi connectivity index (χ3v) is 3.80. The Bertz CT molecular complexity index is 505. The van der Waals surface area contributed by atoms with Gasteiger partial charge in [0.2, 0.25) is 0 Å². The Kier molecular flexibility index (Phi) is 5.33. The predicted molar refractivity (Wildman–Crippen MR) is 85.5 cm³/mol. The van der Waals surface area contributed by atoms with Crippen LogP contribution in [0.3, 0.4) is 0 Å². The number of aryl methyl sites for hydroxylation is 1. The van der Waals surface area contributed by atoms with Gasteiger partial charge in [-0.05, 0) is 30.2 Å². The number of rotatable bonds is 6. The van der Waals surface area contributed by atoms with Gasteiger partial charge in [0.05, 0.1) is 0 Å². The van der Waals surface area contributed by atoms with Gasteiger partial charge in [-0.3, -0.25) is 4.90 Å². The number of nitrogens with zero attached hydrogens (tertiary/aromatic N) is 1. The van der Waals surface area contributed by atoms with E-state index in [1.807, 2.05) is 6.07 Å². The molecular weight excluding hydrogens is 244 g/mol. The van der Waals surface area contributed by atoms with E-state index in [-0.39, 0.29) is 6.04 Å². The Hall–Kier alpha value is -1.64. The summed E-state index contributed by atoms with van der Waals surface area (Å²) in [5.41, 5.74) is 9.97. The molecule has 1 atom stereocenters. The summed E-state index contributed by atoms with van der Waals surface area (Å²) in [6, 6.07) is 19.6. The van der Waals surface area contributed by atoms with Crippen molar-refractivity contribution in [2.75, 3.05) is 13.6 Å². The predicted octanol–water partition coefficient (Wildman–Crippen LogP) is 3.38. The fourth-order valence-corrected chi connectivity index (χ4v) is 2.53. The second-order valence-electron chi connectivity index (χ2n) is 5.25. The fraction of sp³-hybridized carbons (Fsp3) is 0.333. The molecule has 0 spiro atoms. The lowest BCUT2D eigenvalue weighted by Crippen LogP contribution is -2.30. The van der Waals surface area contributed by atoms with Crippen LogP contribution in [0.25, 0.3) is 0 Å². The number of nitrogens with two attached hydrogens (primary N) is 1. The first-order chi connectivity index (χ1) is 9.74. The van der Waals surface area contributed by atoms with Gasteiger partial charge in [-0.2, -0.15) is 0 Å². The number of benzene rings is 2. The molecule has 0 aliphatic carbocycles. The van der Waals surface area contributed by atoms with E-state index in [9.17, 15) is 0 Å². The summed E-state index contributed by atoms with van der Waals surface area (Å²) in [5, 5.41) is 0. The minimum Gasteiger partial charge on any atom is -0.329 e. The summed E-state index contributed by atoms with van der Waals surface area (Å²) in [4.78, 5) is 2.32. The Morgan fingerprint density at radius 2 is 1.60 bits per heavy atom. The van der Waals surface area contributed by atoms with Crippen molar-refractivity contribution in [1.29, 1.82) is 0 Å². The first kappa shape index (κ1) is 14.8. The van der Waals surface area contributed by atoms with Gasteiger partial charge in [0.25, 0.3) is 0 Å². The van der Waals surface area contributed by atoms with Crippen LogP contribution in [0.5, 0.6) is 0 Å². The maximum absolute atomic E-state index is 5.99. The third-order valence-electron chi connectivity index (χ3n) is 3.80. The highest BCUT2D eigenvalue weighted by molar-refractivity contribution is 5.25. The van der Waals surface area contributed by atoms with Crippen molar-refractivity contribution in [2.45, 2.75) is 25.9 Å². The molecule has 2 N–H and O–H groups in total. The summed E-state index contributed by atoms with van der Waals surface area (Å²) in [7, 11) is 2.14. The summed E-state index contributed by atoms with van der Waals surface area (Å²) >= 11 is 0. The van der Waals surface area contributed by atoms with Gasteiger partial charge in [-0.1, -0.05) is 61.5 Å². The smallest absolute Gasteiger partial charge is 0.0470 e. The Labute approximate surface area is 122 Å². The normalized spacial score (nSPS) is 12.6. The molecule has 0 saturated carbocycles. The fourth-order valence-electron chi connectivity index (χ4n) is 2.53. The first-order valence-electron chi connectivity index (χ1n) is 7.27. The molecule has 0 fully saturated rings. The van der Waals surface area contributed by atoms with Crippen molar-refractivity contribution in [1.82, 2.24) is 4.90 Å². The van der Waals surface area contributed by atoms with Crippen molar-refractivity contribution in [3.8, 4) is 0 Å². The SMILES string of the molecule is CCc1ccc(C(CN)N(C)Cc2ccccc2)cc1. The second kappa shape index (κ2) is 7.22. The Morgan fingerprint density at radius 3 is 2.15 bits per heavy atom. The van der Waals surface area contributed by atoms with Gasteiger partial charge in [-0.15, -0.1) is 0 Å². The van der Waals surface area contributed by atoms with E-state index in [1.165, 1.54) is 16.7 Å². The summed E-state index contributed by atoms with van der Waals surface area (Å²) in [6.45, 7) is 3.73. The minimum absolute atomic E-state index is 0.265. The van der Waals surface area contributed by atoms with Gasteiger partial charge < -0.3 is 5.73 Å². The lowest BCUT2D eigenvalue weighted by atomic mass is 10.0. The van der Waals surface area contributed by atoms with E-state index in [1.54, 1.807) is 0 Å². The van der Waals surface area contributed by atoms with Crippen molar-refractivity contribution in [3.63, 3.8) is 0 Å². The molecule has 0 aliphatic heterocycles. The van der Waals surface area contributed by atoms with Crippen molar-refractivity contribution in [3.05, 3.63) is 71.3 Å². The third kappa shape index (κ3) is 3.69. The second-order valence-corrected chi connectivity index (χ2v) is 5.25. The van der Waals surface area contributed by atoms with Crippen LogP contribution in [0.4, 0.5) is 0 Å². The molecule has 2 heteroatoms. The Balaban J connectivity index is 2.10. The van der Waals surface area contributed by atoms with Crippen LogP contribution in [0, 0.1) is 0 Å². The van der Waals surface area contributed by atoms with Crippen LogP contribution < -0.4 is 5.73 Å². The van der Waals surface area contributed by atoms with E-state index < -0.39 is 0 Å². The zero-order valence-electron chi connectivity index (χ0n) is 12.4. The quantitative estimate of drug-likeness (QED) is 0.870. The highest BCUT2D eigenvalue weighted by Crippen LogP contribution is 2.21. The van der Waals surface area contributed by atoms with Crippen molar-refractivity contribution < 1.29 is 0 Å². The maximum Gasteiger partial charge on any atom is 0.0470 e. The highest BCUT2D eigenvalue weighted by atomic mass is 15.1. The number of hydrogen-bond donors (Lipinski definition) is 1. The van der Waals surface area contributed by atoms with Crippen molar-refractivity contribution in [2.24, 2.45) is 5.73 Å². The first-order valence-corrected chi connectivity index (χ1v) is 7.27. The monoisotopic (exact) mass is 268 g/mol. The van der Waals surface area contributed by atoms with Crippen LogP contribution in [-0.4, -0.2) is 18.5 Å². The molecule has 106 valence electrons. The molecule has 0 radical (unpaired) electrons. The molecule has 0 aliphatic rings. The molecule has 2 aromatic carbocycles. The lowest BCUT2D eigenvalue weighted by molar-refractivity contribution is 0.242. The van der Waals surface area contributed by atoms with Crippen LogP contribution in [0.1, 0.15) is 29.7 Å². The zero-order chi connectivity index (χ0) is 14.4. The average Bonchev–Trinajstić information content (AvgIpc) is 2.49. The average molecular weight is 268 g/mol. The number of likely N-dealkylation sites (N-methyl/N-ethyl adjacent to an activating group) is 1. The molecule has 0 aromatic heterocycles. The standard InChI is InChI=1S/C18H24N2/c1-3-15-9-11-17(12-10-15)18(13-19)20(2)14-16-7-5-4-6-8-16/h4-12,18H,3,13-14,19H2,1-2H3. The molecule has 0 amide bonds. The molecule has 0 bridgehead atoms. The molecule has 1 unspecified atom stereocenters. The molecular formula is C18H24N2. The van der Waals surface area contributed by atoms with E-state index in [0.29, 0.717) is 6.54 Å². The van der Waals surface area contributed by atoms with E-state index in [2.05, 4.69) is 67.4 Å².